The molecule has 0 aliphatic heterocycles. The molecule has 1 unspecified atom stereocenters. The Labute approximate surface area is 217 Å². The Morgan fingerprint density at radius 3 is 2.66 bits per heavy atom. The molecule has 2 aromatic carbocycles. The topological polar surface area (TPSA) is 125 Å². The number of aromatic nitrogens is 6. The second kappa shape index (κ2) is 9.00. The quantitative estimate of drug-likeness (QED) is 0.370. The number of nitrogens with one attached hydrogen (secondary N) is 1. The lowest BCUT2D eigenvalue weighted by Crippen LogP contribution is -2.32. The third-order valence-electron chi connectivity index (χ3n) is 6.62. The maximum atomic E-state index is 14.2. The van der Waals surface area contributed by atoms with Gasteiger partial charge in [-0.25, -0.2) is 14.5 Å². The third kappa shape index (κ3) is 3.70. The molecule has 4 heterocycles. The summed E-state index contributed by atoms with van der Waals surface area (Å²) in [4.78, 5) is 36.1. The summed E-state index contributed by atoms with van der Waals surface area (Å²) in [7, 11) is 1.89. The highest BCUT2D eigenvalue weighted by molar-refractivity contribution is 6.04. The lowest BCUT2D eigenvalue weighted by molar-refractivity contribution is 0.0941. The van der Waals surface area contributed by atoms with Crippen molar-refractivity contribution in [3.63, 3.8) is 0 Å². The van der Waals surface area contributed by atoms with Crippen molar-refractivity contribution in [1.82, 2.24) is 34.0 Å². The van der Waals surface area contributed by atoms with Crippen LogP contribution in [0.15, 0.2) is 90.4 Å². The summed E-state index contributed by atoms with van der Waals surface area (Å²) in [5, 5.41) is 8.51. The molecule has 188 valence electrons. The Morgan fingerprint density at radius 1 is 1.08 bits per heavy atom. The van der Waals surface area contributed by atoms with E-state index in [1.807, 2.05) is 73.1 Å². The lowest BCUT2D eigenvalue weighted by Gasteiger charge is -2.21. The van der Waals surface area contributed by atoms with Crippen molar-refractivity contribution in [3.8, 4) is 16.9 Å². The van der Waals surface area contributed by atoms with Crippen LogP contribution in [0.5, 0.6) is 0 Å². The van der Waals surface area contributed by atoms with Gasteiger partial charge in [0.1, 0.15) is 5.56 Å². The van der Waals surface area contributed by atoms with E-state index >= 15 is 0 Å². The van der Waals surface area contributed by atoms with Crippen LogP contribution in [0.3, 0.4) is 0 Å². The number of aryl methyl sites for hydroxylation is 1. The van der Waals surface area contributed by atoms with E-state index in [9.17, 15) is 9.59 Å². The van der Waals surface area contributed by atoms with Gasteiger partial charge in [-0.15, -0.1) is 5.10 Å². The number of carbonyl (C=O) groups is 1. The predicted octanol–water partition coefficient (Wildman–Crippen LogP) is 3.51. The van der Waals surface area contributed by atoms with E-state index in [2.05, 4.69) is 20.4 Å². The Kier molecular flexibility index (Phi) is 5.49. The molecule has 1 atom stereocenters. The number of hydrogen-bond donors (Lipinski definition) is 2. The van der Waals surface area contributed by atoms with E-state index in [1.165, 1.54) is 4.52 Å². The van der Waals surface area contributed by atoms with Crippen LogP contribution in [0.1, 0.15) is 29.0 Å². The van der Waals surface area contributed by atoms with Gasteiger partial charge in [-0.3, -0.25) is 14.2 Å². The monoisotopic (exact) mass is 504 g/mol. The molecule has 6 aromatic rings. The molecule has 0 radical (unpaired) electrons. The molecule has 38 heavy (non-hydrogen) atoms. The normalized spacial score (nSPS) is 12.2. The molecule has 10 nitrogen and oxygen atoms in total. The van der Waals surface area contributed by atoms with E-state index in [1.54, 1.807) is 35.6 Å². The summed E-state index contributed by atoms with van der Waals surface area (Å²) in [6.45, 7) is 1.83. The summed E-state index contributed by atoms with van der Waals surface area (Å²) >= 11 is 0. The van der Waals surface area contributed by atoms with E-state index in [-0.39, 0.29) is 16.9 Å². The van der Waals surface area contributed by atoms with Crippen molar-refractivity contribution >= 4 is 28.1 Å². The summed E-state index contributed by atoms with van der Waals surface area (Å²) in [6.07, 6.45) is 6.70. The molecule has 6 rings (SSSR count). The predicted molar refractivity (Wildman–Crippen MR) is 145 cm³/mol. The first-order valence-electron chi connectivity index (χ1n) is 12.0. The van der Waals surface area contributed by atoms with Gasteiger partial charge < -0.3 is 15.6 Å². The van der Waals surface area contributed by atoms with Crippen LogP contribution in [-0.2, 0) is 7.05 Å². The first kappa shape index (κ1) is 23.2. The van der Waals surface area contributed by atoms with Crippen LogP contribution >= 0.6 is 0 Å². The van der Waals surface area contributed by atoms with Crippen LogP contribution in [-0.4, -0.2) is 34.6 Å². The van der Waals surface area contributed by atoms with Gasteiger partial charge >= 0.3 is 0 Å². The van der Waals surface area contributed by atoms with E-state index in [4.69, 9.17) is 5.73 Å². The highest BCUT2D eigenvalue weighted by Crippen LogP contribution is 2.29. The SMILES string of the molecule is CC(NC(=O)c1c(N)nn2cccnc12)c1cc2cccc(-c3cncn3C)c2c(=O)n1-c1ccccc1. The Balaban J connectivity index is 1.52. The maximum Gasteiger partial charge on any atom is 0.263 e. The number of para-hydroxylation sites is 1. The maximum absolute atomic E-state index is 14.2. The number of amides is 1. The molecule has 10 heteroatoms. The molecule has 0 saturated heterocycles. The van der Waals surface area contributed by atoms with Gasteiger partial charge in [0.15, 0.2) is 11.5 Å². The summed E-state index contributed by atoms with van der Waals surface area (Å²) in [5.41, 5.74) is 9.33. The van der Waals surface area contributed by atoms with Crippen LogP contribution in [0, 0.1) is 0 Å². The van der Waals surface area contributed by atoms with Gasteiger partial charge in [0, 0.05) is 36.4 Å². The van der Waals surface area contributed by atoms with Crippen molar-refractivity contribution in [3.05, 3.63) is 107 Å². The smallest absolute Gasteiger partial charge is 0.263 e. The zero-order valence-electron chi connectivity index (χ0n) is 20.7. The number of carbonyl (C=O) groups excluding carboxylic acids is 1. The number of imidazole rings is 1. The van der Waals surface area contributed by atoms with Crippen molar-refractivity contribution < 1.29 is 4.79 Å². The highest BCUT2D eigenvalue weighted by atomic mass is 16.2. The summed E-state index contributed by atoms with van der Waals surface area (Å²) in [5.74, 6) is -0.354. The first-order chi connectivity index (χ1) is 18.4. The third-order valence-corrected chi connectivity index (χ3v) is 6.62. The number of nitrogens with two attached hydrogens (primary N) is 1. The number of pyridine rings is 1. The molecule has 0 aliphatic carbocycles. The Morgan fingerprint density at radius 2 is 1.89 bits per heavy atom. The largest absolute Gasteiger partial charge is 0.381 e. The van der Waals surface area contributed by atoms with Gasteiger partial charge in [-0.05, 0) is 36.6 Å². The van der Waals surface area contributed by atoms with Crippen molar-refractivity contribution in [2.45, 2.75) is 13.0 Å². The molecule has 0 bridgehead atoms. The average Bonchev–Trinajstić information content (AvgIpc) is 3.50. The van der Waals surface area contributed by atoms with E-state index in [0.717, 1.165) is 16.6 Å². The highest BCUT2D eigenvalue weighted by Gasteiger charge is 2.24. The standard InChI is InChI=1S/C28H24N8O2/c1-17(32-27(37)24-25(29)33-35-13-7-12-31-26(24)35)21-14-18-8-6-11-20(22-15-30-16-34(22)2)23(18)28(38)36(21)19-9-4-3-5-10-19/h3-17H,1-2H3,(H2,29,33)(H,32,37). The Bertz CT molecular complexity index is 1880. The van der Waals surface area contributed by atoms with Crippen LogP contribution in [0.25, 0.3) is 33.4 Å². The average molecular weight is 505 g/mol. The van der Waals surface area contributed by atoms with Crippen LogP contribution in [0.2, 0.25) is 0 Å². The molecular formula is C28H24N8O2. The fourth-order valence-electron chi connectivity index (χ4n) is 4.84. The number of fused-ring (bicyclic) bond motifs is 2. The molecule has 0 aliphatic rings. The minimum atomic E-state index is -0.557. The van der Waals surface area contributed by atoms with E-state index in [0.29, 0.717) is 22.4 Å². The Hall–Kier alpha value is -5.25. The summed E-state index contributed by atoms with van der Waals surface area (Å²) in [6, 6.07) is 18.2. The molecule has 0 fully saturated rings. The van der Waals surface area contributed by atoms with Gasteiger partial charge in [-0.2, -0.15) is 0 Å². The number of benzene rings is 2. The first-order valence-corrected chi connectivity index (χ1v) is 12.0. The molecule has 0 saturated carbocycles. The zero-order chi connectivity index (χ0) is 26.4. The molecule has 4 aromatic heterocycles. The van der Waals surface area contributed by atoms with Gasteiger partial charge in [0.05, 0.1) is 29.6 Å². The van der Waals surface area contributed by atoms with Crippen molar-refractivity contribution in [2.75, 3.05) is 5.73 Å². The van der Waals surface area contributed by atoms with Crippen LogP contribution in [0.4, 0.5) is 5.82 Å². The van der Waals surface area contributed by atoms with Gasteiger partial charge in [0.2, 0.25) is 0 Å². The zero-order valence-corrected chi connectivity index (χ0v) is 20.7. The van der Waals surface area contributed by atoms with Gasteiger partial charge in [0.25, 0.3) is 11.5 Å². The number of anilines is 1. The lowest BCUT2D eigenvalue weighted by atomic mass is 10.0. The molecule has 1 amide bonds. The van der Waals surface area contributed by atoms with Crippen molar-refractivity contribution in [2.24, 2.45) is 7.05 Å². The number of hydrogen-bond acceptors (Lipinski definition) is 6. The van der Waals surface area contributed by atoms with Crippen molar-refractivity contribution in [1.29, 1.82) is 0 Å². The minimum absolute atomic E-state index is 0.0770. The minimum Gasteiger partial charge on any atom is -0.381 e. The number of nitrogen functional groups attached to an aromatic ring is 1. The van der Waals surface area contributed by atoms with Gasteiger partial charge in [-0.1, -0.05) is 36.4 Å². The van der Waals surface area contributed by atoms with Crippen LogP contribution < -0.4 is 16.6 Å². The molecule has 3 N–H and O–H groups in total. The number of nitrogens with zero attached hydrogens (tertiary/aromatic N) is 6. The molecular weight excluding hydrogens is 480 g/mol. The number of rotatable bonds is 5. The summed E-state index contributed by atoms with van der Waals surface area (Å²) < 4.78 is 4.99. The molecule has 0 spiro atoms. The fraction of sp³-hybridized carbons (Fsp3) is 0.107. The fourth-order valence-corrected chi connectivity index (χ4v) is 4.84. The van der Waals surface area contributed by atoms with E-state index < -0.39 is 11.9 Å². The second-order valence-electron chi connectivity index (χ2n) is 9.05. The second-order valence-corrected chi connectivity index (χ2v) is 9.05.